The molecule has 2 nitrogen and oxygen atoms in total. The van der Waals surface area contributed by atoms with Gasteiger partial charge in [-0.1, -0.05) is 30.0 Å². The molecule has 0 radical (unpaired) electrons. The highest BCUT2D eigenvalue weighted by atomic mass is 32.2. The van der Waals surface area contributed by atoms with Gasteiger partial charge in [0.05, 0.1) is 17.1 Å². The molecule has 0 fully saturated rings. The Morgan fingerprint density at radius 3 is 2.73 bits per heavy atom. The molecule has 1 aliphatic rings. The summed E-state index contributed by atoms with van der Waals surface area (Å²) < 4.78 is 0. The predicted molar refractivity (Wildman–Crippen MR) is 49.9 cm³/mol. The average molecular weight is 164 g/mol. The fraction of sp³-hybridized carbons (Fsp3) is 0.125. The highest BCUT2D eigenvalue weighted by molar-refractivity contribution is 8.12. The Bertz CT molecular complexity index is 258. The third-order valence-corrected chi connectivity index (χ3v) is 2.15. The van der Waals surface area contributed by atoms with Gasteiger partial charge in [0, 0.05) is 0 Å². The van der Waals surface area contributed by atoms with E-state index in [1.807, 2.05) is 28.8 Å². The standard InChI is InChI=1S/C8H8N2S/c1-2-4-8(5-3-1)10-7-11-6-9-10/h1-6H,7H2. The lowest BCUT2D eigenvalue weighted by molar-refractivity contribution is 1.01. The van der Waals surface area contributed by atoms with Gasteiger partial charge in [0.15, 0.2) is 0 Å². The van der Waals surface area contributed by atoms with Crippen molar-refractivity contribution in [1.29, 1.82) is 0 Å². The minimum Gasteiger partial charge on any atom is -0.255 e. The number of benzene rings is 1. The maximum absolute atomic E-state index is 4.18. The molecule has 1 aromatic carbocycles. The third kappa shape index (κ3) is 1.38. The molecule has 0 aliphatic carbocycles. The topological polar surface area (TPSA) is 15.6 Å². The number of rotatable bonds is 1. The summed E-state index contributed by atoms with van der Waals surface area (Å²) >= 11 is 1.71. The van der Waals surface area contributed by atoms with Crippen LogP contribution in [0.1, 0.15) is 0 Å². The molecule has 0 saturated carbocycles. The maximum Gasteiger partial charge on any atom is 0.0926 e. The van der Waals surface area contributed by atoms with Crippen LogP contribution in [0.2, 0.25) is 0 Å². The van der Waals surface area contributed by atoms with E-state index in [1.54, 1.807) is 11.8 Å². The second-order valence-electron chi connectivity index (χ2n) is 2.25. The molecular formula is C8H8N2S. The summed E-state index contributed by atoms with van der Waals surface area (Å²) in [6.07, 6.45) is 0. The molecule has 56 valence electrons. The quantitative estimate of drug-likeness (QED) is 0.632. The highest BCUT2D eigenvalue weighted by Crippen LogP contribution is 2.19. The van der Waals surface area contributed by atoms with Gasteiger partial charge in [-0.15, -0.1) is 0 Å². The Labute approximate surface area is 69.9 Å². The van der Waals surface area contributed by atoms with Crippen molar-refractivity contribution < 1.29 is 0 Å². The van der Waals surface area contributed by atoms with E-state index in [1.165, 1.54) is 0 Å². The monoisotopic (exact) mass is 164 g/mol. The van der Waals surface area contributed by atoms with Crippen molar-refractivity contribution >= 4 is 23.0 Å². The van der Waals surface area contributed by atoms with Crippen molar-refractivity contribution in [1.82, 2.24) is 0 Å². The van der Waals surface area contributed by atoms with Crippen LogP contribution in [-0.2, 0) is 0 Å². The van der Waals surface area contributed by atoms with E-state index in [2.05, 4.69) is 17.2 Å². The Morgan fingerprint density at radius 1 is 1.27 bits per heavy atom. The molecule has 0 amide bonds. The molecule has 0 atom stereocenters. The molecule has 0 spiro atoms. The van der Waals surface area contributed by atoms with Crippen LogP contribution < -0.4 is 5.01 Å². The van der Waals surface area contributed by atoms with Crippen LogP contribution in [0.3, 0.4) is 0 Å². The summed E-state index contributed by atoms with van der Waals surface area (Å²) in [6.45, 7) is 0. The zero-order valence-corrected chi connectivity index (χ0v) is 6.79. The second kappa shape index (κ2) is 2.96. The van der Waals surface area contributed by atoms with Crippen molar-refractivity contribution in [2.45, 2.75) is 0 Å². The summed E-state index contributed by atoms with van der Waals surface area (Å²) in [5.41, 5.74) is 3.03. The minimum absolute atomic E-state index is 0.935. The number of hydrogen-bond donors (Lipinski definition) is 0. The Hall–Kier alpha value is -0.960. The van der Waals surface area contributed by atoms with Gasteiger partial charge in [0.2, 0.25) is 0 Å². The van der Waals surface area contributed by atoms with Gasteiger partial charge in [-0.2, -0.15) is 5.10 Å². The van der Waals surface area contributed by atoms with Crippen LogP contribution in [0.5, 0.6) is 0 Å². The SMILES string of the molecule is C1=NN(c2ccccc2)CS1. The third-order valence-electron chi connectivity index (χ3n) is 1.51. The fourth-order valence-electron chi connectivity index (χ4n) is 0.969. The molecule has 2 rings (SSSR count). The van der Waals surface area contributed by atoms with Gasteiger partial charge in [0.1, 0.15) is 0 Å². The number of hydrogen-bond acceptors (Lipinski definition) is 3. The molecule has 11 heavy (non-hydrogen) atoms. The maximum atomic E-state index is 4.18. The number of nitrogens with zero attached hydrogens (tertiary/aromatic N) is 2. The van der Waals surface area contributed by atoms with Crippen LogP contribution in [0.15, 0.2) is 35.4 Å². The fourth-order valence-corrected chi connectivity index (χ4v) is 1.57. The lowest BCUT2D eigenvalue weighted by atomic mass is 10.3. The van der Waals surface area contributed by atoms with Crippen molar-refractivity contribution in [3.8, 4) is 0 Å². The Kier molecular flexibility index (Phi) is 1.81. The van der Waals surface area contributed by atoms with Crippen molar-refractivity contribution in [2.24, 2.45) is 5.10 Å². The van der Waals surface area contributed by atoms with Crippen LogP contribution in [-0.4, -0.2) is 11.4 Å². The molecule has 0 aromatic heterocycles. The van der Waals surface area contributed by atoms with Crippen LogP contribution in [0.25, 0.3) is 0 Å². The van der Waals surface area contributed by atoms with Gasteiger partial charge in [-0.25, -0.2) is 0 Å². The van der Waals surface area contributed by atoms with Crippen molar-refractivity contribution in [2.75, 3.05) is 10.9 Å². The van der Waals surface area contributed by atoms with E-state index in [9.17, 15) is 0 Å². The molecule has 0 bridgehead atoms. The lowest BCUT2D eigenvalue weighted by Crippen LogP contribution is -2.09. The van der Waals surface area contributed by atoms with Crippen LogP contribution >= 0.6 is 11.8 Å². The number of anilines is 1. The van der Waals surface area contributed by atoms with Gasteiger partial charge < -0.3 is 0 Å². The molecule has 1 aromatic rings. The number of para-hydroxylation sites is 1. The normalized spacial score (nSPS) is 15.8. The van der Waals surface area contributed by atoms with E-state index in [4.69, 9.17) is 0 Å². The first kappa shape index (κ1) is 6.73. The van der Waals surface area contributed by atoms with Crippen LogP contribution in [0.4, 0.5) is 5.69 Å². The van der Waals surface area contributed by atoms with Gasteiger partial charge in [-0.3, -0.25) is 5.01 Å². The van der Waals surface area contributed by atoms with Crippen molar-refractivity contribution in [3.63, 3.8) is 0 Å². The first-order valence-electron chi connectivity index (χ1n) is 3.43. The highest BCUT2D eigenvalue weighted by Gasteiger charge is 2.06. The van der Waals surface area contributed by atoms with Crippen molar-refractivity contribution in [3.05, 3.63) is 30.3 Å². The first-order chi connectivity index (χ1) is 5.47. The van der Waals surface area contributed by atoms with Gasteiger partial charge >= 0.3 is 0 Å². The van der Waals surface area contributed by atoms with E-state index < -0.39 is 0 Å². The molecule has 1 heterocycles. The van der Waals surface area contributed by atoms with Crippen LogP contribution in [0, 0.1) is 0 Å². The first-order valence-corrected chi connectivity index (χ1v) is 4.48. The minimum atomic E-state index is 0.935. The second-order valence-corrected chi connectivity index (χ2v) is 3.05. The molecule has 0 N–H and O–H groups in total. The van der Waals surface area contributed by atoms with E-state index >= 15 is 0 Å². The summed E-state index contributed by atoms with van der Waals surface area (Å²) in [7, 11) is 0. The molecule has 0 saturated heterocycles. The molecule has 3 heteroatoms. The summed E-state index contributed by atoms with van der Waals surface area (Å²) in [6, 6.07) is 10.2. The van der Waals surface area contributed by atoms with Gasteiger partial charge in [0.25, 0.3) is 0 Å². The summed E-state index contributed by atoms with van der Waals surface area (Å²) in [5, 5.41) is 6.15. The van der Waals surface area contributed by atoms with Gasteiger partial charge in [-0.05, 0) is 12.1 Å². The van der Waals surface area contributed by atoms with E-state index in [0.29, 0.717) is 0 Å². The molecule has 1 aliphatic heterocycles. The number of hydrazone groups is 1. The Balaban J connectivity index is 2.23. The summed E-state index contributed by atoms with van der Waals surface area (Å²) in [5.74, 6) is 0.935. The zero-order valence-electron chi connectivity index (χ0n) is 5.97. The largest absolute Gasteiger partial charge is 0.255 e. The summed E-state index contributed by atoms with van der Waals surface area (Å²) in [4.78, 5) is 0. The lowest BCUT2D eigenvalue weighted by Gasteiger charge is -2.11. The smallest absolute Gasteiger partial charge is 0.0926 e. The average Bonchev–Trinajstić information content (AvgIpc) is 2.58. The zero-order chi connectivity index (χ0) is 7.52. The predicted octanol–water partition coefficient (Wildman–Crippen LogP) is 2.14. The molecule has 0 unspecified atom stereocenters. The van der Waals surface area contributed by atoms with E-state index in [-0.39, 0.29) is 0 Å². The Morgan fingerprint density at radius 2 is 2.09 bits per heavy atom. The van der Waals surface area contributed by atoms with E-state index in [0.717, 1.165) is 11.6 Å². The molecular weight excluding hydrogens is 156 g/mol. The number of thioether (sulfide) groups is 1.